The van der Waals surface area contributed by atoms with Crippen molar-refractivity contribution in [1.29, 1.82) is 0 Å². The van der Waals surface area contributed by atoms with Gasteiger partial charge in [0.25, 0.3) is 0 Å². The van der Waals surface area contributed by atoms with E-state index >= 15 is 0 Å². The fourth-order valence-corrected chi connectivity index (χ4v) is 3.12. The van der Waals surface area contributed by atoms with Crippen LogP contribution in [0.4, 0.5) is 0 Å². The van der Waals surface area contributed by atoms with Crippen LogP contribution in [0.1, 0.15) is 0 Å². The first kappa shape index (κ1) is 11.4. The summed E-state index contributed by atoms with van der Waals surface area (Å²) in [6.07, 6.45) is 0. The van der Waals surface area contributed by atoms with Gasteiger partial charge < -0.3 is 9.47 Å². The van der Waals surface area contributed by atoms with Gasteiger partial charge in [0.15, 0.2) is 11.5 Å². The average molecular weight is 262 g/mol. The van der Waals surface area contributed by atoms with Crippen LogP contribution >= 0.6 is 0 Å². The van der Waals surface area contributed by atoms with Crippen molar-refractivity contribution in [2.45, 2.75) is 0 Å². The van der Waals surface area contributed by atoms with Gasteiger partial charge in [-0.15, -0.1) is 0 Å². The van der Waals surface area contributed by atoms with Crippen molar-refractivity contribution in [3.8, 4) is 11.5 Å². The number of methoxy groups -OCH3 is 2. The Morgan fingerprint density at radius 2 is 1.40 bits per heavy atom. The molecule has 0 unspecified atom stereocenters. The minimum Gasteiger partial charge on any atom is -0.493 e. The summed E-state index contributed by atoms with van der Waals surface area (Å²) in [5, 5.41) is 7.34. The second kappa shape index (κ2) is 4.01. The second-order valence-electron chi connectivity index (χ2n) is 4.97. The quantitative estimate of drug-likeness (QED) is 0.491. The predicted octanol–water partition coefficient (Wildman–Crippen LogP) is 4.60. The molecular formula is C18H14O2. The van der Waals surface area contributed by atoms with Crippen LogP contribution in [-0.4, -0.2) is 14.2 Å². The first-order valence-corrected chi connectivity index (χ1v) is 6.62. The fraction of sp³-hybridized carbons (Fsp3) is 0.111. The molecule has 0 N–H and O–H groups in total. The lowest BCUT2D eigenvalue weighted by molar-refractivity contribution is 0.359. The summed E-state index contributed by atoms with van der Waals surface area (Å²) in [5.41, 5.74) is 0. The molecule has 0 aliphatic carbocycles. The van der Waals surface area contributed by atoms with Crippen molar-refractivity contribution < 1.29 is 9.47 Å². The van der Waals surface area contributed by atoms with Crippen LogP contribution in [0.5, 0.6) is 11.5 Å². The Hall–Kier alpha value is -2.48. The van der Waals surface area contributed by atoms with Crippen molar-refractivity contribution in [3.05, 3.63) is 48.5 Å². The first-order chi connectivity index (χ1) is 9.83. The van der Waals surface area contributed by atoms with E-state index < -0.39 is 0 Å². The molecule has 0 radical (unpaired) electrons. The Labute approximate surface area is 116 Å². The van der Waals surface area contributed by atoms with Crippen molar-refractivity contribution in [1.82, 2.24) is 0 Å². The van der Waals surface area contributed by atoms with E-state index in [0.29, 0.717) is 0 Å². The van der Waals surface area contributed by atoms with Gasteiger partial charge >= 0.3 is 0 Å². The standard InChI is InChI=1S/C18H14O2/c1-19-15-10-13-7-6-11-4-3-5-12-8-9-14(18(15)20-2)17(13)16(11)12/h3-10H,1-2H3. The van der Waals surface area contributed by atoms with E-state index in [1.54, 1.807) is 14.2 Å². The molecule has 4 rings (SSSR count). The van der Waals surface area contributed by atoms with Gasteiger partial charge in [0.05, 0.1) is 14.2 Å². The minimum absolute atomic E-state index is 0.776. The zero-order chi connectivity index (χ0) is 13.7. The zero-order valence-electron chi connectivity index (χ0n) is 11.4. The van der Waals surface area contributed by atoms with E-state index in [2.05, 4.69) is 42.5 Å². The van der Waals surface area contributed by atoms with Crippen molar-refractivity contribution in [2.75, 3.05) is 14.2 Å². The second-order valence-corrected chi connectivity index (χ2v) is 4.97. The molecule has 0 heterocycles. The lowest BCUT2D eigenvalue weighted by Gasteiger charge is -2.15. The molecule has 20 heavy (non-hydrogen) atoms. The maximum Gasteiger partial charge on any atom is 0.168 e. The van der Waals surface area contributed by atoms with Gasteiger partial charge in [-0.3, -0.25) is 0 Å². The van der Waals surface area contributed by atoms with Crippen molar-refractivity contribution >= 4 is 32.3 Å². The average Bonchev–Trinajstić information content (AvgIpc) is 2.51. The summed E-state index contributed by atoms with van der Waals surface area (Å²) in [6.45, 7) is 0. The predicted molar refractivity (Wildman–Crippen MR) is 83.3 cm³/mol. The van der Waals surface area contributed by atoms with Crippen LogP contribution in [0.25, 0.3) is 32.3 Å². The van der Waals surface area contributed by atoms with E-state index in [1.807, 2.05) is 6.07 Å². The third-order valence-corrected chi connectivity index (χ3v) is 3.99. The molecular weight excluding hydrogens is 248 g/mol. The molecule has 0 saturated heterocycles. The highest BCUT2D eigenvalue weighted by Gasteiger charge is 2.15. The van der Waals surface area contributed by atoms with E-state index in [1.165, 1.54) is 26.9 Å². The van der Waals surface area contributed by atoms with Gasteiger partial charge in [0.2, 0.25) is 0 Å². The van der Waals surface area contributed by atoms with Crippen LogP contribution in [0.2, 0.25) is 0 Å². The number of hydrogen-bond acceptors (Lipinski definition) is 2. The minimum atomic E-state index is 0.776. The fourth-order valence-electron chi connectivity index (χ4n) is 3.12. The summed E-state index contributed by atoms with van der Waals surface area (Å²) in [7, 11) is 3.37. The molecule has 0 aliphatic heterocycles. The van der Waals surface area contributed by atoms with Gasteiger partial charge in [0.1, 0.15) is 0 Å². The highest BCUT2D eigenvalue weighted by molar-refractivity contribution is 6.24. The maximum atomic E-state index is 5.57. The van der Waals surface area contributed by atoms with Crippen LogP contribution in [0, 0.1) is 0 Å². The Morgan fingerprint density at radius 3 is 2.10 bits per heavy atom. The molecule has 0 amide bonds. The monoisotopic (exact) mass is 262 g/mol. The first-order valence-electron chi connectivity index (χ1n) is 6.62. The number of hydrogen-bond donors (Lipinski definition) is 0. The number of ether oxygens (including phenoxy) is 2. The molecule has 0 fully saturated rings. The topological polar surface area (TPSA) is 18.5 Å². The molecule has 0 spiro atoms. The molecule has 98 valence electrons. The SMILES string of the molecule is COc1cc2ccc3cccc4ccc(c1OC)c2c34. The summed E-state index contributed by atoms with van der Waals surface area (Å²) in [6, 6.07) is 17.0. The highest BCUT2D eigenvalue weighted by Crippen LogP contribution is 2.43. The number of benzene rings is 4. The van der Waals surface area contributed by atoms with Crippen molar-refractivity contribution in [2.24, 2.45) is 0 Å². The third-order valence-electron chi connectivity index (χ3n) is 3.99. The van der Waals surface area contributed by atoms with Crippen LogP contribution < -0.4 is 9.47 Å². The largest absolute Gasteiger partial charge is 0.493 e. The van der Waals surface area contributed by atoms with Gasteiger partial charge in [-0.05, 0) is 33.7 Å². The normalized spacial score (nSPS) is 11.5. The van der Waals surface area contributed by atoms with E-state index in [4.69, 9.17) is 9.47 Å². The van der Waals surface area contributed by atoms with Crippen LogP contribution in [-0.2, 0) is 0 Å². The van der Waals surface area contributed by atoms with Crippen molar-refractivity contribution in [3.63, 3.8) is 0 Å². The highest BCUT2D eigenvalue weighted by atomic mass is 16.5. The molecule has 0 atom stereocenters. The summed E-state index contributed by atoms with van der Waals surface area (Å²) >= 11 is 0. The van der Waals surface area contributed by atoms with Gasteiger partial charge in [0, 0.05) is 10.8 Å². The van der Waals surface area contributed by atoms with Crippen LogP contribution in [0.3, 0.4) is 0 Å². The Kier molecular flexibility index (Phi) is 2.27. The Morgan fingerprint density at radius 1 is 0.700 bits per heavy atom. The Balaban J connectivity index is 2.34. The molecule has 0 aliphatic rings. The van der Waals surface area contributed by atoms with Gasteiger partial charge in [-0.25, -0.2) is 0 Å². The van der Waals surface area contributed by atoms with Gasteiger partial charge in [-0.1, -0.05) is 36.4 Å². The summed E-state index contributed by atoms with van der Waals surface area (Å²) in [5.74, 6) is 1.58. The molecule has 2 heteroatoms. The van der Waals surface area contributed by atoms with Gasteiger partial charge in [-0.2, -0.15) is 0 Å². The zero-order valence-corrected chi connectivity index (χ0v) is 11.4. The lowest BCUT2D eigenvalue weighted by Crippen LogP contribution is -1.93. The van der Waals surface area contributed by atoms with Crippen LogP contribution in [0.15, 0.2) is 48.5 Å². The molecule has 0 aromatic heterocycles. The lowest BCUT2D eigenvalue weighted by atomic mass is 9.93. The summed E-state index contributed by atoms with van der Waals surface area (Å²) in [4.78, 5) is 0. The van der Waals surface area contributed by atoms with E-state index in [0.717, 1.165) is 16.9 Å². The smallest absolute Gasteiger partial charge is 0.168 e. The maximum absolute atomic E-state index is 5.57. The molecule has 4 aromatic carbocycles. The third kappa shape index (κ3) is 1.33. The Bertz CT molecular complexity index is 909. The molecule has 4 aromatic rings. The number of rotatable bonds is 2. The summed E-state index contributed by atoms with van der Waals surface area (Å²) < 4.78 is 11.0. The molecule has 2 nitrogen and oxygen atoms in total. The van der Waals surface area contributed by atoms with E-state index in [9.17, 15) is 0 Å². The molecule has 0 saturated carbocycles. The van der Waals surface area contributed by atoms with E-state index in [-0.39, 0.29) is 0 Å². The molecule has 0 bridgehead atoms.